The Morgan fingerprint density at radius 1 is 1.13 bits per heavy atom. The number of alkyl halides is 3. The smallest absolute Gasteiger partial charge is 0.345 e. The van der Waals surface area contributed by atoms with Crippen LogP contribution in [0.5, 0.6) is 0 Å². The maximum absolute atomic E-state index is 13.1. The van der Waals surface area contributed by atoms with Gasteiger partial charge in [0.25, 0.3) is 5.91 Å². The second kappa shape index (κ2) is 8.73. The second-order valence-electron chi connectivity index (χ2n) is 7.18. The van der Waals surface area contributed by atoms with Crippen molar-refractivity contribution in [3.63, 3.8) is 0 Å². The van der Waals surface area contributed by atoms with Gasteiger partial charge in [-0.2, -0.15) is 13.2 Å². The highest BCUT2D eigenvalue weighted by Gasteiger charge is 2.30. The summed E-state index contributed by atoms with van der Waals surface area (Å²) in [7, 11) is 0. The lowest BCUT2D eigenvalue weighted by Gasteiger charge is -2.14. The molecule has 1 N–H and O–H groups in total. The number of nitrogens with one attached hydrogen (secondary N) is 1. The molecule has 3 rings (SSSR count). The summed E-state index contributed by atoms with van der Waals surface area (Å²) in [6.07, 6.45) is -2.02. The van der Waals surface area contributed by atoms with E-state index in [9.17, 15) is 18.0 Å². The quantitative estimate of drug-likeness (QED) is 0.612. The Kier molecular flexibility index (Phi) is 6.29. The van der Waals surface area contributed by atoms with E-state index in [1.807, 2.05) is 32.9 Å². The molecule has 0 aliphatic heterocycles. The van der Waals surface area contributed by atoms with Crippen molar-refractivity contribution in [2.75, 3.05) is 0 Å². The second-order valence-corrected chi connectivity index (χ2v) is 7.18. The van der Waals surface area contributed by atoms with Crippen LogP contribution in [0.1, 0.15) is 51.1 Å². The van der Waals surface area contributed by atoms with Crippen molar-refractivity contribution in [1.29, 1.82) is 0 Å². The number of hydrogen-bond acceptors (Lipinski definition) is 2. The number of amides is 1. The Morgan fingerprint density at radius 3 is 2.53 bits per heavy atom. The fraction of sp³-hybridized carbons (Fsp3) is 0.304. The minimum atomic E-state index is -4.41. The predicted molar refractivity (Wildman–Crippen MR) is 109 cm³/mol. The van der Waals surface area contributed by atoms with Crippen LogP contribution in [-0.4, -0.2) is 15.5 Å². The maximum Gasteiger partial charge on any atom is 0.416 e. The van der Waals surface area contributed by atoms with Crippen molar-refractivity contribution in [2.45, 2.75) is 46.5 Å². The third-order valence-electron chi connectivity index (χ3n) is 5.24. The number of carbonyl (C=O) groups is 1. The highest BCUT2D eigenvalue weighted by Crippen LogP contribution is 2.30. The molecule has 0 atom stereocenters. The molecule has 0 saturated carbocycles. The summed E-state index contributed by atoms with van der Waals surface area (Å²) >= 11 is 0. The molecule has 0 saturated heterocycles. The molecule has 1 amide bonds. The van der Waals surface area contributed by atoms with Crippen molar-refractivity contribution in [3.05, 3.63) is 88.0 Å². The van der Waals surface area contributed by atoms with Crippen LogP contribution in [0.25, 0.3) is 0 Å². The normalized spacial score (nSPS) is 11.5. The number of rotatable bonds is 6. The highest BCUT2D eigenvalue weighted by atomic mass is 19.4. The van der Waals surface area contributed by atoms with Crippen LogP contribution in [0.3, 0.4) is 0 Å². The van der Waals surface area contributed by atoms with Gasteiger partial charge in [-0.05, 0) is 61.2 Å². The fourth-order valence-electron chi connectivity index (χ4n) is 3.74. The first-order valence-corrected chi connectivity index (χ1v) is 9.75. The molecule has 3 aromatic rings. The first-order chi connectivity index (χ1) is 14.2. The molecular weight excluding hydrogens is 391 g/mol. The molecule has 0 spiro atoms. The third-order valence-corrected chi connectivity index (χ3v) is 5.24. The summed E-state index contributed by atoms with van der Waals surface area (Å²) in [5.74, 6) is -0.270. The molecule has 7 heteroatoms. The van der Waals surface area contributed by atoms with Gasteiger partial charge >= 0.3 is 6.18 Å². The third kappa shape index (κ3) is 4.56. The lowest BCUT2D eigenvalue weighted by Crippen LogP contribution is -2.27. The average molecular weight is 415 g/mol. The Balaban J connectivity index is 1.93. The number of nitrogens with zero attached hydrogens (tertiary/aromatic N) is 2. The van der Waals surface area contributed by atoms with Gasteiger partial charge in [0, 0.05) is 18.4 Å². The molecule has 2 heterocycles. The van der Waals surface area contributed by atoms with Crippen LogP contribution in [0.2, 0.25) is 0 Å². The number of pyridine rings is 1. The molecule has 0 radical (unpaired) electrons. The molecule has 4 nitrogen and oxygen atoms in total. The Labute approximate surface area is 173 Å². The van der Waals surface area contributed by atoms with Crippen molar-refractivity contribution in [1.82, 2.24) is 14.9 Å². The van der Waals surface area contributed by atoms with Crippen molar-refractivity contribution >= 4 is 5.91 Å². The van der Waals surface area contributed by atoms with E-state index in [0.29, 0.717) is 11.3 Å². The molecule has 0 aliphatic rings. The first-order valence-electron chi connectivity index (χ1n) is 9.75. The number of aromatic nitrogens is 2. The molecule has 0 fully saturated rings. The Morgan fingerprint density at radius 2 is 1.90 bits per heavy atom. The van der Waals surface area contributed by atoms with Gasteiger partial charge in [0.15, 0.2) is 0 Å². The molecule has 1 aromatic carbocycles. The van der Waals surface area contributed by atoms with Crippen LogP contribution >= 0.6 is 0 Å². The Bertz CT molecular complexity index is 1040. The van der Waals surface area contributed by atoms with Gasteiger partial charge in [-0.15, -0.1) is 0 Å². The van der Waals surface area contributed by atoms with Gasteiger partial charge < -0.3 is 9.88 Å². The average Bonchev–Trinajstić information content (AvgIpc) is 2.95. The van der Waals surface area contributed by atoms with E-state index in [-0.39, 0.29) is 19.0 Å². The summed E-state index contributed by atoms with van der Waals surface area (Å²) < 4.78 is 41.1. The molecule has 0 aliphatic carbocycles. The van der Waals surface area contributed by atoms with Crippen molar-refractivity contribution in [2.24, 2.45) is 0 Å². The zero-order valence-corrected chi connectivity index (χ0v) is 17.2. The number of carbonyl (C=O) groups excluding carboxylic acids is 1. The lowest BCUT2D eigenvalue weighted by molar-refractivity contribution is -0.137. The summed E-state index contributed by atoms with van der Waals surface area (Å²) in [6.45, 7) is 6.23. The van der Waals surface area contributed by atoms with Crippen molar-refractivity contribution in [3.8, 4) is 0 Å². The van der Waals surface area contributed by atoms with Crippen molar-refractivity contribution < 1.29 is 18.0 Å². The van der Waals surface area contributed by atoms with Gasteiger partial charge in [-0.25, -0.2) is 0 Å². The van der Waals surface area contributed by atoms with Gasteiger partial charge in [0.2, 0.25) is 0 Å². The number of hydrogen-bond donors (Lipinski definition) is 1. The predicted octanol–water partition coefficient (Wildman–Crippen LogP) is 5.06. The molecule has 0 bridgehead atoms. The van der Waals surface area contributed by atoms with Crippen LogP contribution < -0.4 is 5.32 Å². The molecule has 2 aromatic heterocycles. The van der Waals surface area contributed by atoms with Crippen LogP contribution in [0, 0.1) is 13.8 Å². The zero-order chi connectivity index (χ0) is 21.9. The van der Waals surface area contributed by atoms with E-state index in [4.69, 9.17) is 0 Å². The van der Waals surface area contributed by atoms with Gasteiger partial charge in [-0.3, -0.25) is 9.78 Å². The van der Waals surface area contributed by atoms with Gasteiger partial charge in [0.1, 0.15) is 5.69 Å². The number of halogens is 3. The van der Waals surface area contributed by atoms with Gasteiger partial charge in [0.05, 0.1) is 17.8 Å². The van der Waals surface area contributed by atoms with Crippen LogP contribution in [0.15, 0.2) is 48.7 Å². The lowest BCUT2D eigenvalue weighted by atomic mass is 10.1. The van der Waals surface area contributed by atoms with Crippen LogP contribution in [-0.2, 0) is 25.7 Å². The fourth-order valence-corrected chi connectivity index (χ4v) is 3.74. The van der Waals surface area contributed by atoms with E-state index in [1.54, 1.807) is 22.9 Å². The van der Waals surface area contributed by atoms with Gasteiger partial charge in [-0.1, -0.05) is 25.1 Å². The molecule has 158 valence electrons. The summed E-state index contributed by atoms with van der Waals surface area (Å²) in [6, 6.07) is 10.7. The summed E-state index contributed by atoms with van der Waals surface area (Å²) in [5, 5.41) is 2.88. The monoisotopic (exact) mass is 415 g/mol. The molecule has 0 unspecified atom stereocenters. The first kappa shape index (κ1) is 21.6. The topological polar surface area (TPSA) is 46.9 Å². The Hall–Kier alpha value is -3.09. The number of benzene rings is 1. The van der Waals surface area contributed by atoms with E-state index in [0.717, 1.165) is 41.1 Å². The summed E-state index contributed by atoms with van der Waals surface area (Å²) in [5.41, 5.74) is 3.76. The minimum absolute atomic E-state index is 0.183. The highest BCUT2D eigenvalue weighted by molar-refractivity contribution is 5.95. The zero-order valence-electron chi connectivity index (χ0n) is 17.2. The SMILES string of the molecule is CCc1c(C)c(C(=O)NCc2ccccn2)n(Cc2cccc(C(F)(F)F)c2)c1C. The maximum atomic E-state index is 13.1. The van der Waals surface area contributed by atoms with E-state index < -0.39 is 11.7 Å². The summed E-state index contributed by atoms with van der Waals surface area (Å²) in [4.78, 5) is 17.2. The van der Waals surface area contributed by atoms with E-state index in [2.05, 4.69) is 10.3 Å². The van der Waals surface area contributed by atoms with Crippen LogP contribution in [0.4, 0.5) is 13.2 Å². The molecular formula is C23H24F3N3O. The molecule has 30 heavy (non-hydrogen) atoms. The van der Waals surface area contributed by atoms with E-state index in [1.165, 1.54) is 6.07 Å². The largest absolute Gasteiger partial charge is 0.416 e. The minimum Gasteiger partial charge on any atom is -0.345 e. The standard InChI is InChI=1S/C23H24F3N3O/c1-4-20-15(2)21(22(30)28-13-19-10-5-6-11-27-19)29(16(20)3)14-17-8-7-9-18(12-17)23(24,25)26/h5-12H,4,13-14H2,1-3H3,(H,28,30). The van der Waals surface area contributed by atoms with E-state index >= 15 is 0 Å².